The van der Waals surface area contributed by atoms with Gasteiger partial charge in [0.25, 0.3) is 5.91 Å². The second-order valence-corrected chi connectivity index (χ2v) is 11.3. The number of fused-ring (bicyclic) bond motifs is 1. The number of aromatic nitrogens is 1. The van der Waals surface area contributed by atoms with Crippen LogP contribution in [0.15, 0.2) is 82.2 Å². The van der Waals surface area contributed by atoms with Crippen LogP contribution in [-0.2, 0) is 5.75 Å². The van der Waals surface area contributed by atoms with Gasteiger partial charge in [0.1, 0.15) is 0 Å². The molecule has 1 saturated carbocycles. The third-order valence-corrected chi connectivity index (χ3v) is 8.83. The number of para-hydroxylation sites is 1. The molecule has 178 valence electrons. The lowest BCUT2D eigenvalue weighted by atomic mass is 9.84. The molecule has 0 spiro atoms. The van der Waals surface area contributed by atoms with Gasteiger partial charge in [0.15, 0.2) is 4.34 Å². The number of amides is 1. The molecule has 0 bridgehead atoms. The van der Waals surface area contributed by atoms with Crippen LogP contribution in [-0.4, -0.2) is 16.6 Å². The van der Waals surface area contributed by atoms with E-state index in [4.69, 9.17) is 0 Å². The number of nitrogens with one attached hydrogen (secondary N) is 1. The molecule has 0 atom stereocenters. The monoisotopic (exact) mass is 499 g/mol. The minimum absolute atomic E-state index is 0.200. The van der Waals surface area contributed by atoms with Crippen LogP contribution in [0.1, 0.15) is 72.0 Å². The fraction of sp³-hybridized carbons (Fsp3) is 0.276. The Morgan fingerprint density at radius 3 is 2.43 bits per heavy atom. The molecule has 1 aliphatic rings. The van der Waals surface area contributed by atoms with Crippen molar-refractivity contribution in [3.05, 3.63) is 95.1 Å². The number of thiazole rings is 1. The Kier molecular flexibility index (Phi) is 7.60. The van der Waals surface area contributed by atoms with Crippen molar-refractivity contribution in [3.63, 3.8) is 0 Å². The number of carbonyl (C=O) groups is 1. The van der Waals surface area contributed by atoms with Crippen LogP contribution in [0.5, 0.6) is 0 Å². The fourth-order valence-corrected chi connectivity index (χ4v) is 6.53. The van der Waals surface area contributed by atoms with Gasteiger partial charge in [-0.25, -0.2) is 10.4 Å². The van der Waals surface area contributed by atoms with Crippen molar-refractivity contribution < 1.29 is 4.79 Å². The van der Waals surface area contributed by atoms with Crippen molar-refractivity contribution in [2.24, 2.45) is 5.10 Å². The van der Waals surface area contributed by atoms with E-state index in [0.29, 0.717) is 11.5 Å². The molecule has 1 N–H and O–H groups in total. The normalized spacial score (nSPS) is 14.8. The predicted octanol–water partition coefficient (Wildman–Crippen LogP) is 7.79. The zero-order valence-corrected chi connectivity index (χ0v) is 21.5. The Morgan fingerprint density at radius 2 is 1.69 bits per heavy atom. The van der Waals surface area contributed by atoms with E-state index >= 15 is 0 Å². The summed E-state index contributed by atoms with van der Waals surface area (Å²) in [5.41, 5.74) is 8.76. The van der Waals surface area contributed by atoms with Gasteiger partial charge in [0.05, 0.1) is 15.9 Å². The highest BCUT2D eigenvalue weighted by Crippen LogP contribution is 2.33. The second-order valence-electron chi connectivity index (χ2n) is 9.03. The molecular formula is C29H29N3OS2. The number of hydrazone groups is 1. The van der Waals surface area contributed by atoms with Gasteiger partial charge >= 0.3 is 0 Å². The first-order valence-corrected chi connectivity index (χ1v) is 14.0. The maximum absolute atomic E-state index is 12.6. The van der Waals surface area contributed by atoms with Gasteiger partial charge in [0.2, 0.25) is 0 Å². The minimum Gasteiger partial charge on any atom is -0.267 e. The summed E-state index contributed by atoms with van der Waals surface area (Å²) in [7, 11) is 0. The first-order valence-electron chi connectivity index (χ1n) is 12.2. The highest BCUT2D eigenvalue weighted by atomic mass is 32.2. The van der Waals surface area contributed by atoms with Gasteiger partial charge in [-0.05, 0) is 66.6 Å². The molecule has 35 heavy (non-hydrogen) atoms. The summed E-state index contributed by atoms with van der Waals surface area (Å²) in [6, 6.07) is 24.6. The first kappa shape index (κ1) is 23.8. The van der Waals surface area contributed by atoms with Gasteiger partial charge in [-0.2, -0.15) is 5.10 Å². The van der Waals surface area contributed by atoms with Crippen LogP contribution in [0.2, 0.25) is 0 Å². The Labute approximate surface area is 214 Å². The molecule has 0 saturated heterocycles. The van der Waals surface area contributed by atoms with E-state index in [9.17, 15) is 4.79 Å². The maximum atomic E-state index is 12.6. The average molecular weight is 500 g/mol. The van der Waals surface area contributed by atoms with E-state index in [0.717, 1.165) is 32.4 Å². The third-order valence-electron chi connectivity index (χ3n) is 6.58. The van der Waals surface area contributed by atoms with Crippen LogP contribution in [0.3, 0.4) is 0 Å². The lowest BCUT2D eigenvalue weighted by Crippen LogP contribution is -2.19. The number of hydrogen-bond donors (Lipinski definition) is 1. The molecule has 6 heteroatoms. The molecule has 1 aromatic heterocycles. The van der Waals surface area contributed by atoms with Gasteiger partial charge in [0, 0.05) is 11.3 Å². The average Bonchev–Trinajstić information content (AvgIpc) is 3.34. The van der Waals surface area contributed by atoms with Crippen LogP contribution < -0.4 is 5.43 Å². The van der Waals surface area contributed by atoms with E-state index in [-0.39, 0.29) is 5.91 Å². The molecule has 4 aromatic rings. The summed E-state index contributed by atoms with van der Waals surface area (Å²) in [4.78, 5) is 17.3. The van der Waals surface area contributed by atoms with Crippen molar-refractivity contribution in [3.8, 4) is 0 Å². The Balaban J connectivity index is 1.15. The molecular weight excluding hydrogens is 470 g/mol. The van der Waals surface area contributed by atoms with E-state index in [1.165, 1.54) is 42.4 Å². The number of rotatable bonds is 7. The summed E-state index contributed by atoms with van der Waals surface area (Å²) in [6.07, 6.45) is 6.62. The second kappa shape index (κ2) is 11.2. The summed E-state index contributed by atoms with van der Waals surface area (Å²) in [5.74, 6) is 1.31. The summed E-state index contributed by atoms with van der Waals surface area (Å²) in [5, 5.41) is 4.34. The van der Waals surface area contributed by atoms with Crippen molar-refractivity contribution >= 4 is 44.9 Å². The highest BCUT2D eigenvalue weighted by molar-refractivity contribution is 8.00. The molecule has 5 rings (SSSR count). The molecule has 0 aliphatic heterocycles. The van der Waals surface area contributed by atoms with E-state index in [2.05, 4.69) is 45.8 Å². The largest absolute Gasteiger partial charge is 0.271 e. The lowest BCUT2D eigenvalue weighted by Gasteiger charge is -2.22. The van der Waals surface area contributed by atoms with Crippen LogP contribution in [0.25, 0.3) is 10.2 Å². The van der Waals surface area contributed by atoms with Gasteiger partial charge in [-0.15, -0.1) is 11.3 Å². The molecule has 4 nitrogen and oxygen atoms in total. The fourth-order valence-electron chi connectivity index (χ4n) is 4.51. The predicted molar refractivity (Wildman–Crippen MR) is 148 cm³/mol. The summed E-state index contributed by atoms with van der Waals surface area (Å²) >= 11 is 3.43. The zero-order chi connectivity index (χ0) is 24.0. The summed E-state index contributed by atoms with van der Waals surface area (Å²) in [6.45, 7) is 1.93. The highest BCUT2D eigenvalue weighted by Gasteiger charge is 2.15. The quantitative estimate of drug-likeness (QED) is 0.160. The minimum atomic E-state index is -0.200. The number of thioether (sulfide) groups is 1. The van der Waals surface area contributed by atoms with Crippen molar-refractivity contribution in [1.82, 2.24) is 10.4 Å². The van der Waals surface area contributed by atoms with Crippen LogP contribution >= 0.6 is 23.1 Å². The zero-order valence-electron chi connectivity index (χ0n) is 19.9. The van der Waals surface area contributed by atoms with Gasteiger partial charge in [-0.1, -0.05) is 79.6 Å². The van der Waals surface area contributed by atoms with Crippen LogP contribution in [0.4, 0.5) is 0 Å². The first-order chi connectivity index (χ1) is 17.2. The molecule has 0 radical (unpaired) electrons. The lowest BCUT2D eigenvalue weighted by molar-refractivity contribution is 0.0955. The number of hydrogen-bond acceptors (Lipinski definition) is 5. The number of benzene rings is 3. The van der Waals surface area contributed by atoms with Crippen molar-refractivity contribution in [1.29, 1.82) is 0 Å². The molecule has 1 heterocycles. The van der Waals surface area contributed by atoms with E-state index in [1.807, 2.05) is 49.4 Å². The van der Waals surface area contributed by atoms with E-state index < -0.39 is 0 Å². The molecule has 1 amide bonds. The van der Waals surface area contributed by atoms with E-state index in [1.54, 1.807) is 23.1 Å². The van der Waals surface area contributed by atoms with Crippen molar-refractivity contribution in [2.45, 2.75) is 55.0 Å². The Morgan fingerprint density at radius 1 is 0.971 bits per heavy atom. The Hall–Kier alpha value is -2.96. The standard InChI is InChI=1S/C29H29N3OS2/c1-20(22-15-17-24(18-16-22)23-7-3-2-4-8-23)31-32-28(33)25-13-11-21(12-14-25)19-34-29-30-26-9-5-6-10-27(26)35-29/h5-6,9-18,23H,2-4,7-8,19H2,1H3,(H,32,33). The Bertz CT molecular complexity index is 1290. The van der Waals surface area contributed by atoms with Crippen molar-refractivity contribution in [2.75, 3.05) is 0 Å². The van der Waals surface area contributed by atoms with Crippen LogP contribution in [0, 0.1) is 0 Å². The summed E-state index contributed by atoms with van der Waals surface area (Å²) < 4.78 is 2.27. The molecule has 1 fully saturated rings. The van der Waals surface area contributed by atoms with Gasteiger partial charge in [-0.3, -0.25) is 4.79 Å². The number of nitrogens with zero attached hydrogens (tertiary/aromatic N) is 2. The maximum Gasteiger partial charge on any atom is 0.271 e. The molecule has 3 aromatic carbocycles. The SMILES string of the molecule is CC(=NNC(=O)c1ccc(CSc2nc3ccccc3s2)cc1)c1ccc(C2CCCCC2)cc1. The number of carbonyl (C=O) groups excluding carboxylic acids is 1. The third kappa shape index (κ3) is 6.00. The topological polar surface area (TPSA) is 54.4 Å². The smallest absolute Gasteiger partial charge is 0.267 e. The molecule has 1 aliphatic carbocycles. The molecule has 0 unspecified atom stereocenters. The van der Waals surface area contributed by atoms with Gasteiger partial charge < -0.3 is 0 Å².